The lowest BCUT2D eigenvalue weighted by atomic mass is 9.99. The van der Waals surface area contributed by atoms with Crippen LogP contribution in [0.1, 0.15) is 47.4 Å². The van der Waals surface area contributed by atoms with E-state index < -0.39 is 10.7 Å². The highest BCUT2D eigenvalue weighted by molar-refractivity contribution is 9.10. The number of hydrogen-bond donors (Lipinski definition) is 3. The Labute approximate surface area is 207 Å². The second-order valence-electron chi connectivity index (χ2n) is 8.42. The molecule has 1 aliphatic heterocycles. The smallest absolute Gasteiger partial charge is 0.255 e. The van der Waals surface area contributed by atoms with Crippen LogP contribution in [-0.2, 0) is 6.61 Å². The predicted molar refractivity (Wildman–Crippen MR) is 134 cm³/mol. The summed E-state index contributed by atoms with van der Waals surface area (Å²) in [6, 6.07) is 20.1. The number of halogens is 1. The second kappa shape index (κ2) is 10.7. The molecule has 2 aromatic carbocycles. The molecule has 0 saturated carbocycles. The number of hydrogen-bond acceptors (Lipinski definition) is 6. The molecule has 0 radical (unpaired) electrons. The van der Waals surface area contributed by atoms with E-state index in [1.807, 2.05) is 54.3 Å². The van der Waals surface area contributed by atoms with E-state index in [2.05, 4.69) is 26.2 Å². The molecule has 7 nitrogen and oxygen atoms in total. The van der Waals surface area contributed by atoms with E-state index in [-0.39, 0.29) is 25.0 Å². The normalized spacial score (nSPS) is 21.6. The van der Waals surface area contributed by atoms with Gasteiger partial charge in [-0.05, 0) is 59.6 Å². The van der Waals surface area contributed by atoms with Gasteiger partial charge in [-0.1, -0.05) is 36.4 Å². The molecular formula is C26H28BrN3O4. The van der Waals surface area contributed by atoms with Gasteiger partial charge in [0.05, 0.1) is 11.8 Å². The summed E-state index contributed by atoms with van der Waals surface area (Å²) in [4.78, 5) is 18.7. The Balaban J connectivity index is 1.45. The average molecular weight is 526 g/mol. The van der Waals surface area contributed by atoms with Crippen molar-refractivity contribution in [1.29, 1.82) is 0 Å². The number of rotatable bonds is 7. The average Bonchev–Trinajstić information content (AvgIpc) is 2.83. The highest BCUT2D eigenvalue weighted by atomic mass is 79.9. The lowest BCUT2D eigenvalue weighted by Crippen LogP contribution is -2.52. The molecule has 2 heterocycles. The van der Waals surface area contributed by atoms with Crippen molar-refractivity contribution in [2.45, 2.75) is 43.2 Å². The summed E-state index contributed by atoms with van der Waals surface area (Å²) in [7, 11) is 0. The number of aliphatic hydroxyl groups excluding tert-OH is 1. The molecule has 0 spiro atoms. The molecule has 1 saturated heterocycles. The van der Waals surface area contributed by atoms with Crippen LogP contribution in [0.25, 0.3) is 0 Å². The van der Waals surface area contributed by atoms with Crippen LogP contribution >= 0.6 is 15.9 Å². The first kappa shape index (κ1) is 24.3. The fraction of sp³-hybridized carbons (Fsp3) is 0.308. The summed E-state index contributed by atoms with van der Waals surface area (Å²) in [6.45, 7) is 2.77. The minimum Gasteiger partial charge on any atom is -0.487 e. The van der Waals surface area contributed by atoms with Crippen molar-refractivity contribution in [3.8, 4) is 5.75 Å². The number of aromatic nitrogens is 1. The van der Waals surface area contributed by atoms with Gasteiger partial charge in [-0.15, -0.1) is 0 Å². The summed E-state index contributed by atoms with van der Waals surface area (Å²) in [5.74, 6) is 0.497. The Morgan fingerprint density at radius 3 is 2.74 bits per heavy atom. The van der Waals surface area contributed by atoms with Crippen molar-refractivity contribution in [2.75, 3.05) is 11.9 Å². The maximum absolute atomic E-state index is 12.4. The molecule has 3 unspecified atom stereocenters. The van der Waals surface area contributed by atoms with Gasteiger partial charge in [0.2, 0.25) is 0 Å². The van der Waals surface area contributed by atoms with Gasteiger partial charge in [-0.2, -0.15) is 0 Å². The molecule has 1 aliphatic rings. The van der Waals surface area contributed by atoms with Gasteiger partial charge in [0.25, 0.3) is 5.91 Å². The summed E-state index contributed by atoms with van der Waals surface area (Å²) in [5, 5.41) is 23.7. The summed E-state index contributed by atoms with van der Waals surface area (Å²) < 4.78 is 4.83. The fourth-order valence-electron chi connectivity index (χ4n) is 4.17. The number of nitrogens with zero attached hydrogens (tertiary/aromatic N) is 2. The highest BCUT2D eigenvalue weighted by Crippen LogP contribution is 2.40. The molecule has 1 fully saturated rings. The molecule has 0 bridgehead atoms. The molecule has 3 atom stereocenters. The summed E-state index contributed by atoms with van der Waals surface area (Å²) in [6.07, 6.45) is 1.91. The Hall–Kier alpha value is -2.78. The number of amides is 1. The number of benzene rings is 2. The van der Waals surface area contributed by atoms with E-state index >= 15 is 0 Å². The van der Waals surface area contributed by atoms with E-state index in [0.29, 0.717) is 35.7 Å². The largest absolute Gasteiger partial charge is 0.487 e. The van der Waals surface area contributed by atoms with Crippen molar-refractivity contribution >= 4 is 27.5 Å². The van der Waals surface area contributed by atoms with Crippen LogP contribution in [0.5, 0.6) is 5.75 Å². The maximum atomic E-state index is 12.4. The van der Waals surface area contributed by atoms with Crippen LogP contribution in [0.15, 0.2) is 72.9 Å². The Bertz CT molecular complexity index is 1130. The number of alkyl halides is 1. The number of anilines is 1. The maximum Gasteiger partial charge on any atom is 0.255 e. The fourth-order valence-corrected chi connectivity index (χ4v) is 5.03. The zero-order chi connectivity index (χ0) is 24.1. The predicted octanol–water partition coefficient (Wildman–Crippen LogP) is 4.47. The molecule has 178 valence electrons. The quantitative estimate of drug-likeness (QED) is 0.311. The van der Waals surface area contributed by atoms with Gasteiger partial charge in [0.15, 0.2) is 4.63 Å². The first-order valence-electron chi connectivity index (χ1n) is 11.2. The molecule has 0 aliphatic carbocycles. The minimum absolute atomic E-state index is 0.155. The summed E-state index contributed by atoms with van der Waals surface area (Å²) >= 11 is 3.38. The van der Waals surface area contributed by atoms with Gasteiger partial charge >= 0.3 is 0 Å². The molecule has 1 aromatic heterocycles. The van der Waals surface area contributed by atoms with E-state index in [9.17, 15) is 15.0 Å². The van der Waals surface area contributed by atoms with Gasteiger partial charge in [-0.25, -0.2) is 0 Å². The topological polar surface area (TPSA) is 94.9 Å². The molecule has 34 heavy (non-hydrogen) atoms. The molecule has 4 rings (SSSR count). The monoisotopic (exact) mass is 525 g/mol. The van der Waals surface area contributed by atoms with Crippen molar-refractivity contribution in [1.82, 2.24) is 9.88 Å². The van der Waals surface area contributed by atoms with Crippen LogP contribution in [0.2, 0.25) is 0 Å². The zero-order valence-corrected chi connectivity index (χ0v) is 20.5. The van der Waals surface area contributed by atoms with Crippen molar-refractivity contribution in [3.05, 3.63) is 89.7 Å². The lowest BCUT2D eigenvalue weighted by molar-refractivity contribution is -0.106. The van der Waals surface area contributed by atoms with Crippen LogP contribution in [0.4, 0.5) is 5.69 Å². The standard InChI is InChI=1S/C26H28BrN3O4/c1-18(30-14-12-22(31)16-26(30,27)33)23-9-5-6-10-24(23)34-17-21-15-20(11-13-28-21)29-25(32)19-7-3-2-4-8-19/h2-11,13,15,18,22,31,33H,12,14,16-17H2,1H3,(H,28,29,32). The third-order valence-corrected chi connectivity index (χ3v) is 6.74. The Kier molecular flexibility index (Phi) is 7.63. The molecule has 3 aromatic rings. The number of ether oxygens (including phenoxy) is 1. The Morgan fingerprint density at radius 2 is 1.97 bits per heavy atom. The minimum atomic E-state index is -1.29. The number of carbonyl (C=O) groups is 1. The van der Waals surface area contributed by atoms with Crippen LogP contribution in [0, 0.1) is 0 Å². The number of likely N-dealkylation sites (tertiary alicyclic amines) is 1. The van der Waals surface area contributed by atoms with E-state index in [1.165, 1.54) is 0 Å². The van der Waals surface area contributed by atoms with Crippen molar-refractivity contribution < 1.29 is 19.7 Å². The van der Waals surface area contributed by atoms with E-state index in [4.69, 9.17) is 4.74 Å². The van der Waals surface area contributed by atoms with E-state index in [0.717, 1.165) is 5.56 Å². The number of carbonyl (C=O) groups excluding carboxylic acids is 1. The SMILES string of the molecule is CC(c1ccccc1OCc1cc(NC(=O)c2ccccc2)ccn1)N1CCC(O)CC1(O)Br. The molecular weight excluding hydrogens is 498 g/mol. The number of aliphatic hydroxyl groups is 2. The first-order valence-corrected chi connectivity index (χ1v) is 12.0. The third kappa shape index (κ3) is 5.82. The number of nitrogens with one attached hydrogen (secondary N) is 1. The van der Waals surface area contributed by atoms with Gasteiger partial charge < -0.3 is 20.3 Å². The number of piperidine rings is 1. The third-order valence-electron chi connectivity index (χ3n) is 5.96. The van der Waals surface area contributed by atoms with Gasteiger partial charge in [0, 0.05) is 42.0 Å². The van der Waals surface area contributed by atoms with Crippen molar-refractivity contribution in [3.63, 3.8) is 0 Å². The van der Waals surface area contributed by atoms with Crippen LogP contribution in [0.3, 0.4) is 0 Å². The lowest BCUT2D eigenvalue weighted by Gasteiger charge is -2.44. The molecule has 3 N–H and O–H groups in total. The van der Waals surface area contributed by atoms with Gasteiger partial charge in [-0.3, -0.25) is 14.7 Å². The molecule has 8 heteroatoms. The second-order valence-corrected chi connectivity index (χ2v) is 9.69. The number of pyridine rings is 1. The van der Waals surface area contributed by atoms with Crippen molar-refractivity contribution in [2.24, 2.45) is 0 Å². The first-order chi connectivity index (χ1) is 16.3. The summed E-state index contributed by atoms with van der Waals surface area (Å²) in [5.41, 5.74) is 2.81. The van der Waals surface area contributed by atoms with E-state index in [1.54, 1.807) is 30.5 Å². The van der Waals surface area contributed by atoms with Crippen LogP contribution in [-0.4, -0.2) is 43.3 Å². The highest BCUT2D eigenvalue weighted by Gasteiger charge is 2.41. The van der Waals surface area contributed by atoms with Gasteiger partial charge in [0.1, 0.15) is 12.4 Å². The Morgan fingerprint density at radius 1 is 1.24 bits per heavy atom. The number of para-hydroxylation sites is 1. The zero-order valence-electron chi connectivity index (χ0n) is 18.9. The molecule has 1 amide bonds. The van der Waals surface area contributed by atoms with Crippen LogP contribution < -0.4 is 10.1 Å².